The maximum Gasteiger partial charge on any atom is 0.150 e. The quantitative estimate of drug-likeness (QED) is 0.383. The SMILES string of the molecule is Cc1cc(F)cc(C2SCCCS2)c1.O=Cc1cccc(F)c1.SCCCS. The normalized spacial score (nSPS) is 13.6. The number of carbonyl (C=O) groups excluding carboxylic acids is 1. The summed E-state index contributed by atoms with van der Waals surface area (Å²) in [5, 5.41) is 0. The molecule has 3 rings (SSSR count). The molecular formula is C21H26F2OS4. The Morgan fingerprint density at radius 2 is 1.71 bits per heavy atom. The summed E-state index contributed by atoms with van der Waals surface area (Å²) >= 11 is 11.8. The highest BCUT2D eigenvalue weighted by Crippen LogP contribution is 2.43. The third-order valence-corrected chi connectivity index (χ3v) is 7.11. The van der Waals surface area contributed by atoms with Crippen LogP contribution in [0.1, 0.15) is 38.9 Å². The van der Waals surface area contributed by atoms with E-state index in [-0.39, 0.29) is 11.6 Å². The highest BCUT2D eigenvalue weighted by atomic mass is 32.2. The average Bonchev–Trinajstić information content (AvgIpc) is 2.69. The Morgan fingerprint density at radius 1 is 1.04 bits per heavy atom. The van der Waals surface area contributed by atoms with Gasteiger partial charge in [0.05, 0.1) is 4.58 Å². The average molecular weight is 461 g/mol. The van der Waals surface area contributed by atoms with Gasteiger partial charge in [0, 0.05) is 5.56 Å². The van der Waals surface area contributed by atoms with Crippen LogP contribution in [0.2, 0.25) is 0 Å². The van der Waals surface area contributed by atoms with E-state index >= 15 is 0 Å². The maximum atomic E-state index is 13.2. The molecular weight excluding hydrogens is 434 g/mol. The first-order valence-corrected chi connectivity index (χ1v) is 12.3. The number of thioether (sulfide) groups is 2. The number of rotatable bonds is 4. The van der Waals surface area contributed by atoms with Crippen molar-refractivity contribution >= 4 is 55.1 Å². The fourth-order valence-electron chi connectivity index (χ4n) is 2.23. The van der Waals surface area contributed by atoms with Crippen LogP contribution in [0, 0.1) is 18.6 Å². The van der Waals surface area contributed by atoms with Crippen LogP contribution in [-0.2, 0) is 0 Å². The van der Waals surface area contributed by atoms with E-state index in [2.05, 4.69) is 31.3 Å². The zero-order valence-electron chi connectivity index (χ0n) is 15.8. The number of thiol groups is 2. The summed E-state index contributed by atoms with van der Waals surface area (Å²) in [4.78, 5) is 9.99. The van der Waals surface area contributed by atoms with Crippen molar-refractivity contribution in [2.45, 2.75) is 24.3 Å². The molecule has 1 aliphatic rings. The van der Waals surface area contributed by atoms with Crippen LogP contribution in [0.3, 0.4) is 0 Å². The molecule has 1 fully saturated rings. The van der Waals surface area contributed by atoms with Crippen molar-refractivity contribution in [3.8, 4) is 0 Å². The molecule has 0 aliphatic carbocycles. The molecule has 0 bridgehead atoms. The van der Waals surface area contributed by atoms with Crippen LogP contribution in [0.5, 0.6) is 0 Å². The molecule has 0 N–H and O–H groups in total. The van der Waals surface area contributed by atoms with Crippen LogP contribution < -0.4 is 0 Å². The molecule has 0 unspecified atom stereocenters. The molecule has 1 nitrogen and oxygen atoms in total. The first-order chi connectivity index (χ1) is 13.5. The first-order valence-electron chi connectivity index (χ1n) is 8.93. The largest absolute Gasteiger partial charge is 0.298 e. The van der Waals surface area contributed by atoms with Gasteiger partial charge in [0.1, 0.15) is 17.9 Å². The lowest BCUT2D eigenvalue weighted by Crippen LogP contribution is -2.00. The summed E-state index contributed by atoms with van der Waals surface area (Å²) in [6, 6.07) is 10.9. The van der Waals surface area contributed by atoms with Crippen molar-refractivity contribution in [1.29, 1.82) is 0 Å². The number of hydrogen-bond acceptors (Lipinski definition) is 5. The summed E-state index contributed by atoms with van der Waals surface area (Å²) < 4.78 is 25.8. The standard InChI is InChI=1S/C11H13FS2.C7H5FO.C3H8S2/c1-8-5-9(7-10(12)6-8)11-13-3-2-4-14-11;8-7-3-1-2-6(4-7)5-9;4-2-1-3-5/h5-7,11H,2-4H2,1H3;1-5H;4-5H,1-3H2. The highest BCUT2D eigenvalue weighted by Gasteiger charge is 2.17. The Kier molecular flexibility index (Phi) is 13.8. The summed E-state index contributed by atoms with van der Waals surface area (Å²) in [5.74, 6) is 3.85. The Morgan fingerprint density at radius 3 is 2.18 bits per heavy atom. The number of hydrogen-bond donors (Lipinski definition) is 2. The van der Waals surface area contributed by atoms with Gasteiger partial charge in [0.2, 0.25) is 0 Å². The molecule has 1 heterocycles. The van der Waals surface area contributed by atoms with E-state index in [1.807, 2.05) is 30.4 Å². The second-order valence-electron chi connectivity index (χ2n) is 5.96. The van der Waals surface area contributed by atoms with Gasteiger partial charge in [-0.3, -0.25) is 4.79 Å². The topological polar surface area (TPSA) is 17.1 Å². The molecule has 154 valence electrons. The molecule has 0 amide bonds. The fraction of sp³-hybridized carbons (Fsp3) is 0.381. The summed E-state index contributed by atoms with van der Waals surface area (Å²) in [5.41, 5.74) is 2.53. The monoisotopic (exact) mass is 460 g/mol. The van der Waals surface area contributed by atoms with Gasteiger partial charge in [-0.1, -0.05) is 18.2 Å². The van der Waals surface area contributed by atoms with Gasteiger partial charge >= 0.3 is 0 Å². The van der Waals surface area contributed by atoms with Gasteiger partial charge in [0.25, 0.3) is 0 Å². The lowest BCUT2D eigenvalue weighted by molar-refractivity contribution is 0.112. The molecule has 28 heavy (non-hydrogen) atoms. The van der Waals surface area contributed by atoms with Crippen molar-refractivity contribution in [3.05, 3.63) is 70.8 Å². The van der Waals surface area contributed by atoms with Crippen LogP contribution in [0.25, 0.3) is 0 Å². The summed E-state index contributed by atoms with van der Waals surface area (Å²) in [6.07, 6.45) is 3.01. The minimum Gasteiger partial charge on any atom is -0.298 e. The Hall–Kier alpha value is -0.630. The van der Waals surface area contributed by atoms with Gasteiger partial charge < -0.3 is 0 Å². The second kappa shape index (κ2) is 15.2. The van der Waals surface area contributed by atoms with E-state index in [1.54, 1.807) is 18.2 Å². The van der Waals surface area contributed by atoms with Crippen molar-refractivity contribution in [3.63, 3.8) is 0 Å². The molecule has 2 aromatic rings. The van der Waals surface area contributed by atoms with E-state index in [0.717, 1.165) is 29.1 Å². The van der Waals surface area contributed by atoms with Gasteiger partial charge in [0.15, 0.2) is 0 Å². The van der Waals surface area contributed by atoms with Crippen LogP contribution in [0.15, 0.2) is 42.5 Å². The maximum absolute atomic E-state index is 13.2. The van der Waals surface area contributed by atoms with Crippen LogP contribution >= 0.6 is 48.8 Å². The zero-order valence-corrected chi connectivity index (χ0v) is 19.2. The number of halogens is 2. The van der Waals surface area contributed by atoms with E-state index in [9.17, 15) is 13.6 Å². The third-order valence-electron chi connectivity index (χ3n) is 3.46. The van der Waals surface area contributed by atoms with E-state index in [0.29, 0.717) is 16.4 Å². The molecule has 0 aromatic heterocycles. The minimum absolute atomic E-state index is 0.105. The van der Waals surface area contributed by atoms with E-state index < -0.39 is 0 Å². The smallest absolute Gasteiger partial charge is 0.150 e. The number of aldehydes is 1. The zero-order chi connectivity index (χ0) is 20.8. The first kappa shape index (κ1) is 25.4. The molecule has 7 heteroatoms. The van der Waals surface area contributed by atoms with Crippen LogP contribution in [-0.4, -0.2) is 29.3 Å². The van der Waals surface area contributed by atoms with Crippen molar-refractivity contribution in [1.82, 2.24) is 0 Å². The highest BCUT2D eigenvalue weighted by molar-refractivity contribution is 8.16. The Balaban J connectivity index is 0.000000241. The third kappa shape index (κ3) is 10.8. The van der Waals surface area contributed by atoms with Gasteiger partial charge in [-0.25, -0.2) is 8.78 Å². The lowest BCUT2D eigenvalue weighted by Gasteiger charge is -2.21. The van der Waals surface area contributed by atoms with Gasteiger partial charge in [-0.05, 0) is 78.2 Å². The summed E-state index contributed by atoms with van der Waals surface area (Å²) in [6.45, 7) is 1.95. The number of benzene rings is 2. The van der Waals surface area contributed by atoms with Crippen LogP contribution in [0.4, 0.5) is 8.78 Å². The van der Waals surface area contributed by atoms with Crippen molar-refractivity contribution in [2.24, 2.45) is 0 Å². The van der Waals surface area contributed by atoms with Crippen molar-refractivity contribution < 1.29 is 13.6 Å². The fourth-order valence-corrected chi connectivity index (χ4v) is 5.65. The Labute approximate surface area is 186 Å². The summed E-state index contributed by atoms with van der Waals surface area (Å²) in [7, 11) is 0. The van der Waals surface area contributed by atoms with E-state index in [4.69, 9.17) is 0 Å². The molecule has 0 radical (unpaired) electrons. The van der Waals surface area contributed by atoms with E-state index in [1.165, 1.54) is 36.1 Å². The number of aryl methyl sites for hydroxylation is 1. The van der Waals surface area contributed by atoms with Crippen molar-refractivity contribution in [2.75, 3.05) is 23.0 Å². The number of carbonyl (C=O) groups is 1. The van der Waals surface area contributed by atoms with Gasteiger partial charge in [-0.15, -0.1) is 23.5 Å². The molecule has 2 aromatic carbocycles. The second-order valence-corrected chi connectivity index (χ2v) is 9.58. The predicted molar refractivity (Wildman–Crippen MR) is 128 cm³/mol. The molecule has 0 atom stereocenters. The molecule has 0 spiro atoms. The lowest BCUT2D eigenvalue weighted by atomic mass is 10.1. The minimum atomic E-state index is -0.375. The van der Waals surface area contributed by atoms with Gasteiger partial charge in [-0.2, -0.15) is 25.3 Å². The molecule has 0 saturated carbocycles. The molecule has 1 aliphatic heterocycles. The Bertz CT molecular complexity index is 684. The molecule has 1 saturated heterocycles. The predicted octanol–water partition coefficient (Wildman–Crippen LogP) is 6.88.